The monoisotopic (exact) mass is 243 g/mol. The molecular formula is C14H29NO2. The van der Waals surface area contributed by atoms with Crippen LogP contribution >= 0.6 is 0 Å². The normalized spacial score (nSPS) is 14.4. The zero-order valence-corrected chi connectivity index (χ0v) is 11.7. The van der Waals surface area contributed by atoms with E-state index in [1.165, 1.54) is 19.3 Å². The highest BCUT2D eigenvalue weighted by Gasteiger charge is 2.07. The molecule has 2 atom stereocenters. The SMILES string of the molecule is CCCC(=O)NCCCCCCC(C)C(C)O. The van der Waals surface area contributed by atoms with Crippen LogP contribution in [0.25, 0.3) is 0 Å². The second kappa shape index (κ2) is 10.6. The lowest BCUT2D eigenvalue weighted by molar-refractivity contribution is -0.121. The Bertz CT molecular complexity index is 193. The van der Waals surface area contributed by atoms with E-state index in [0.717, 1.165) is 25.8 Å². The van der Waals surface area contributed by atoms with E-state index in [0.29, 0.717) is 12.3 Å². The maximum absolute atomic E-state index is 11.2. The number of hydrogen-bond donors (Lipinski definition) is 2. The molecule has 3 heteroatoms. The zero-order valence-electron chi connectivity index (χ0n) is 11.7. The predicted molar refractivity (Wildman–Crippen MR) is 71.8 cm³/mol. The lowest BCUT2D eigenvalue weighted by Crippen LogP contribution is -2.23. The maximum Gasteiger partial charge on any atom is 0.219 e. The van der Waals surface area contributed by atoms with Crippen LogP contribution in [0.5, 0.6) is 0 Å². The van der Waals surface area contributed by atoms with Gasteiger partial charge in [-0.05, 0) is 32.1 Å². The molecule has 17 heavy (non-hydrogen) atoms. The third kappa shape index (κ3) is 10.3. The quantitative estimate of drug-likeness (QED) is 0.580. The molecule has 0 fully saturated rings. The van der Waals surface area contributed by atoms with Crippen molar-refractivity contribution in [3.8, 4) is 0 Å². The molecule has 2 N–H and O–H groups in total. The molecule has 0 aromatic heterocycles. The average Bonchev–Trinajstić information content (AvgIpc) is 2.27. The summed E-state index contributed by atoms with van der Waals surface area (Å²) in [7, 11) is 0. The van der Waals surface area contributed by atoms with E-state index in [4.69, 9.17) is 0 Å². The first-order valence-electron chi connectivity index (χ1n) is 7.02. The third-order valence-corrected chi connectivity index (χ3v) is 3.21. The molecule has 3 nitrogen and oxygen atoms in total. The van der Waals surface area contributed by atoms with Crippen LogP contribution in [0.4, 0.5) is 0 Å². The number of aliphatic hydroxyl groups is 1. The molecule has 0 radical (unpaired) electrons. The Labute approximate surface area is 106 Å². The number of carbonyl (C=O) groups excluding carboxylic acids is 1. The molecule has 0 heterocycles. The largest absolute Gasteiger partial charge is 0.393 e. The molecule has 0 aromatic rings. The topological polar surface area (TPSA) is 49.3 Å². The fourth-order valence-corrected chi connectivity index (χ4v) is 1.73. The summed E-state index contributed by atoms with van der Waals surface area (Å²) < 4.78 is 0. The molecule has 0 spiro atoms. The molecule has 2 unspecified atom stereocenters. The third-order valence-electron chi connectivity index (χ3n) is 3.21. The van der Waals surface area contributed by atoms with Gasteiger partial charge in [-0.1, -0.05) is 33.1 Å². The summed E-state index contributed by atoms with van der Waals surface area (Å²) in [5.41, 5.74) is 0. The molecule has 1 amide bonds. The smallest absolute Gasteiger partial charge is 0.219 e. The van der Waals surface area contributed by atoms with Crippen molar-refractivity contribution >= 4 is 5.91 Å². The van der Waals surface area contributed by atoms with Gasteiger partial charge in [0.15, 0.2) is 0 Å². The van der Waals surface area contributed by atoms with E-state index >= 15 is 0 Å². The van der Waals surface area contributed by atoms with E-state index in [2.05, 4.69) is 12.2 Å². The van der Waals surface area contributed by atoms with Crippen molar-refractivity contribution in [3.05, 3.63) is 0 Å². The second-order valence-corrected chi connectivity index (χ2v) is 5.02. The number of hydrogen-bond acceptors (Lipinski definition) is 2. The summed E-state index contributed by atoms with van der Waals surface area (Å²) in [4.78, 5) is 11.2. The van der Waals surface area contributed by atoms with Crippen LogP contribution in [-0.2, 0) is 4.79 Å². The first kappa shape index (κ1) is 16.4. The van der Waals surface area contributed by atoms with Crippen LogP contribution in [0.15, 0.2) is 0 Å². The average molecular weight is 243 g/mol. The van der Waals surface area contributed by atoms with E-state index in [1.54, 1.807) is 0 Å². The minimum absolute atomic E-state index is 0.176. The van der Waals surface area contributed by atoms with Crippen LogP contribution in [0, 0.1) is 5.92 Å². The number of aliphatic hydroxyl groups excluding tert-OH is 1. The van der Waals surface area contributed by atoms with Gasteiger partial charge in [-0.25, -0.2) is 0 Å². The Balaban J connectivity index is 3.21. The number of rotatable bonds is 10. The molecule has 102 valence electrons. The summed E-state index contributed by atoms with van der Waals surface area (Å²) in [6.45, 7) is 6.78. The summed E-state index contributed by atoms with van der Waals surface area (Å²) >= 11 is 0. The first-order valence-corrected chi connectivity index (χ1v) is 7.02. The fraction of sp³-hybridized carbons (Fsp3) is 0.929. The van der Waals surface area contributed by atoms with Gasteiger partial charge in [0.25, 0.3) is 0 Å². The van der Waals surface area contributed by atoms with Crippen molar-refractivity contribution in [3.63, 3.8) is 0 Å². The Hall–Kier alpha value is -0.570. The summed E-state index contributed by atoms with van der Waals surface area (Å²) in [6, 6.07) is 0. The van der Waals surface area contributed by atoms with E-state index < -0.39 is 0 Å². The molecule has 0 aromatic carbocycles. The molecule has 0 aliphatic rings. The highest BCUT2D eigenvalue weighted by atomic mass is 16.3. The van der Waals surface area contributed by atoms with Crippen LogP contribution in [-0.4, -0.2) is 23.7 Å². The molecule has 0 aliphatic carbocycles. The molecule has 0 bridgehead atoms. The van der Waals surface area contributed by atoms with Gasteiger partial charge in [-0.3, -0.25) is 4.79 Å². The van der Waals surface area contributed by atoms with Gasteiger partial charge in [-0.2, -0.15) is 0 Å². The summed E-state index contributed by atoms with van der Waals surface area (Å²) in [6.07, 6.45) is 7.07. The Morgan fingerprint density at radius 3 is 2.41 bits per heavy atom. The lowest BCUT2D eigenvalue weighted by Gasteiger charge is -2.13. The van der Waals surface area contributed by atoms with Gasteiger partial charge >= 0.3 is 0 Å². The highest BCUT2D eigenvalue weighted by molar-refractivity contribution is 5.75. The van der Waals surface area contributed by atoms with Gasteiger partial charge in [0.05, 0.1) is 6.10 Å². The van der Waals surface area contributed by atoms with Gasteiger partial charge in [-0.15, -0.1) is 0 Å². The highest BCUT2D eigenvalue weighted by Crippen LogP contribution is 2.13. The zero-order chi connectivity index (χ0) is 13.1. The van der Waals surface area contributed by atoms with Crippen molar-refractivity contribution in [1.82, 2.24) is 5.32 Å². The number of nitrogens with one attached hydrogen (secondary N) is 1. The minimum atomic E-state index is -0.191. The van der Waals surface area contributed by atoms with E-state index in [1.807, 2.05) is 13.8 Å². The summed E-state index contributed by atoms with van der Waals surface area (Å²) in [5.74, 6) is 0.578. The van der Waals surface area contributed by atoms with Crippen molar-refractivity contribution in [1.29, 1.82) is 0 Å². The van der Waals surface area contributed by atoms with Gasteiger partial charge < -0.3 is 10.4 Å². The fourth-order valence-electron chi connectivity index (χ4n) is 1.73. The van der Waals surface area contributed by atoms with Crippen molar-refractivity contribution in [2.24, 2.45) is 5.92 Å². The lowest BCUT2D eigenvalue weighted by atomic mass is 9.98. The van der Waals surface area contributed by atoms with Gasteiger partial charge in [0.1, 0.15) is 0 Å². The van der Waals surface area contributed by atoms with E-state index in [9.17, 15) is 9.90 Å². The van der Waals surface area contributed by atoms with Crippen LogP contribution < -0.4 is 5.32 Å². The second-order valence-electron chi connectivity index (χ2n) is 5.02. The molecule has 0 saturated heterocycles. The van der Waals surface area contributed by atoms with Gasteiger partial charge in [0.2, 0.25) is 5.91 Å². The first-order chi connectivity index (χ1) is 8.07. The van der Waals surface area contributed by atoms with Crippen molar-refractivity contribution in [2.75, 3.05) is 6.54 Å². The Kier molecular flexibility index (Phi) is 10.2. The minimum Gasteiger partial charge on any atom is -0.393 e. The maximum atomic E-state index is 11.2. The Morgan fingerprint density at radius 1 is 1.18 bits per heavy atom. The number of amides is 1. The van der Waals surface area contributed by atoms with Crippen LogP contribution in [0.3, 0.4) is 0 Å². The Morgan fingerprint density at radius 2 is 1.82 bits per heavy atom. The molecule has 0 aliphatic heterocycles. The molecule has 0 rings (SSSR count). The molecule has 0 saturated carbocycles. The number of unbranched alkanes of at least 4 members (excludes halogenated alkanes) is 3. The predicted octanol–water partition coefficient (Wildman–Crippen LogP) is 2.87. The number of carbonyl (C=O) groups is 1. The van der Waals surface area contributed by atoms with Crippen molar-refractivity contribution < 1.29 is 9.90 Å². The van der Waals surface area contributed by atoms with Crippen molar-refractivity contribution in [2.45, 2.75) is 71.8 Å². The van der Waals surface area contributed by atoms with Crippen LogP contribution in [0.1, 0.15) is 65.7 Å². The van der Waals surface area contributed by atoms with Crippen LogP contribution in [0.2, 0.25) is 0 Å². The summed E-state index contributed by atoms with van der Waals surface area (Å²) in [5, 5.41) is 12.2. The standard InChI is InChI=1S/C14H29NO2/c1-4-9-14(17)15-11-8-6-5-7-10-12(2)13(3)16/h12-13,16H,4-11H2,1-3H3,(H,15,17). The van der Waals surface area contributed by atoms with E-state index in [-0.39, 0.29) is 12.0 Å². The molecular weight excluding hydrogens is 214 g/mol. The van der Waals surface area contributed by atoms with Gasteiger partial charge in [0, 0.05) is 13.0 Å².